The summed E-state index contributed by atoms with van der Waals surface area (Å²) in [6.07, 6.45) is 0.979. The number of amides is 2. The molecule has 0 saturated heterocycles. The van der Waals surface area contributed by atoms with Gasteiger partial charge in [-0.25, -0.2) is 4.79 Å². The van der Waals surface area contributed by atoms with Crippen LogP contribution in [0.25, 0.3) is 0 Å². The zero-order valence-corrected chi connectivity index (χ0v) is 9.62. The standard InChI is InChI=1S/C10H23N3O/c1-4-8-13(9-7-11)10(14)12(5-2)6-3/h4-9,11H2,1-3H3. The summed E-state index contributed by atoms with van der Waals surface area (Å²) in [6.45, 7) is 9.57. The van der Waals surface area contributed by atoms with Gasteiger partial charge in [-0.1, -0.05) is 6.92 Å². The van der Waals surface area contributed by atoms with Crippen LogP contribution >= 0.6 is 0 Å². The summed E-state index contributed by atoms with van der Waals surface area (Å²) in [6, 6.07) is 0.113. The Hall–Kier alpha value is -0.770. The van der Waals surface area contributed by atoms with E-state index in [9.17, 15) is 4.79 Å². The number of nitrogens with two attached hydrogens (primary N) is 1. The summed E-state index contributed by atoms with van der Waals surface area (Å²) in [5.74, 6) is 0. The van der Waals surface area contributed by atoms with Gasteiger partial charge in [0.1, 0.15) is 0 Å². The molecular weight excluding hydrogens is 178 g/mol. The molecule has 4 heteroatoms. The molecule has 0 atom stereocenters. The van der Waals surface area contributed by atoms with Crippen LogP contribution in [0.5, 0.6) is 0 Å². The molecule has 0 aliphatic rings. The Morgan fingerprint density at radius 2 is 1.64 bits per heavy atom. The van der Waals surface area contributed by atoms with E-state index >= 15 is 0 Å². The average molecular weight is 201 g/mol. The molecule has 2 amide bonds. The van der Waals surface area contributed by atoms with Crippen molar-refractivity contribution in [3.8, 4) is 0 Å². The van der Waals surface area contributed by atoms with Gasteiger partial charge in [0.2, 0.25) is 0 Å². The molecule has 84 valence electrons. The van der Waals surface area contributed by atoms with Crippen molar-refractivity contribution in [2.75, 3.05) is 32.7 Å². The highest BCUT2D eigenvalue weighted by atomic mass is 16.2. The molecule has 0 heterocycles. The molecule has 2 N–H and O–H groups in total. The minimum Gasteiger partial charge on any atom is -0.329 e. The van der Waals surface area contributed by atoms with Crippen LogP contribution in [0.4, 0.5) is 4.79 Å². The van der Waals surface area contributed by atoms with Crippen molar-refractivity contribution in [2.24, 2.45) is 5.73 Å². The molecule has 0 rings (SSSR count). The fourth-order valence-electron chi connectivity index (χ4n) is 1.42. The van der Waals surface area contributed by atoms with Crippen LogP contribution in [0.3, 0.4) is 0 Å². The highest BCUT2D eigenvalue weighted by Gasteiger charge is 2.16. The van der Waals surface area contributed by atoms with Gasteiger partial charge in [0.15, 0.2) is 0 Å². The van der Waals surface area contributed by atoms with E-state index in [4.69, 9.17) is 5.73 Å². The monoisotopic (exact) mass is 201 g/mol. The molecule has 0 aliphatic heterocycles. The van der Waals surface area contributed by atoms with Gasteiger partial charge in [-0.2, -0.15) is 0 Å². The first-order chi connectivity index (χ1) is 6.71. The summed E-state index contributed by atoms with van der Waals surface area (Å²) in [5, 5.41) is 0. The third-order valence-electron chi connectivity index (χ3n) is 2.20. The van der Waals surface area contributed by atoms with E-state index in [1.165, 1.54) is 0 Å². The molecule has 0 unspecified atom stereocenters. The van der Waals surface area contributed by atoms with Crippen molar-refractivity contribution >= 4 is 6.03 Å². The zero-order valence-electron chi connectivity index (χ0n) is 9.62. The fourth-order valence-corrected chi connectivity index (χ4v) is 1.42. The van der Waals surface area contributed by atoms with E-state index in [2.05, 4.69) is 6.92 Å². The summed E-state index contributed by atoms with van der Waals surface area (Å²) in [7, 11) is 0. The van der Waals surface area contributed by atoms with E-state index in [0.29, 0.717) is 13.1 Å². The minimum absolute atomic E-state index is 0.113. The van der Waals surface area contributed by atoms with Crippen LogP contribution in [0, 0.1) is 0 Å². The van der Waals surface area contributed by atoms with Crippen LogP contribution in [0.15, 0.2) is 0 Å². The Morgan fingerprint density at radius 3 is 2.00 bits per heavy atom. The van der Waals surface area contributed by atoms with Gasteiger partial charge in [-0.05, 0) is 20.3 Å². The first kappa shape index (κ1) is 13.2. The maximum Gasteiger partial charge on any atom is 0.320 e. The lowest BCUT2D eigenvalue weighted by molar-refractivity contribution is 0.158. The Bertz CT molecular complexity index is 151. The van der Waals surface area contributed by atoms with Crippen LogP contribution in [-0.4, -0.2) is 48.6 Å². The topological polar surface area (TPSA) is 49.6 Å². The smallest absolute Gasteiger partial charge is 0.320 e. The number of hydrogen-bond donors (Lipinski definition) is 1. The summed E-state index contributed by atoms with van der Waals surface area (Å²) in [4.78, 5) is 15.5. The maximum atomic E-state index is 11.9. The molecule has 4 nitrogen and oxygen atoms in total. The van der Waals surface area contributed by atoms with Crippen LogP contribution in [0.1, 0.15) is 27.2 Å². The van der Waals surface area contributed by atoms with E-state index in [-0.39, 0.29) is 6.03 Å². The fraction of sp³-hybridized carbons (Fsp3) is 0.900. The lowest BCUT2D eigenvalue weighted by Gasteiger charge is -2.28. The summed E-state index contributed by atoms with van der Waals surface area (Å²) >= 11 is 0. The van der Waals surface area contributed by atoms with Crippen molar-refractivity contribution in [1.29, 1.82) is 0 Å². The van der Waals surface area contributed by atoms with Crippen LogP contribution in [-0.2, 0) is 0 Å². The van der Waals surface area contributed by atoms with E-state index < -0.39 is 0 Å². The molecule has 0 aromatic heterocycles. The Balaban J connectivity index is 4.24. The van der Waals surface area contributed by atoms with E-state index in [1.54, 1.807) is 0 Å². The normalized spacial score (nSPS) is 10.0. The molecule has 0 bridgehead atoms. The Kier molecular flexibility index (Phi) is 7.20. The summed E-state index contributed by atoms with van der Waals surface area (Å²) < 4.78 is 0. The molecule has 0 radical (unpaired) electrons. The van der Waals surface area contributed by atoms with Crippen molar-refractivity contribution in [2.45, 2.75) is 27.2 Å². The summed E-state index contributed by atoms with van der Waals surface area (Å²) in [5.41, 5.74) is 5.47. The first-order valence-corrected chi connectivity index (χ1v) is 5.45. The van der Waals surface area contributed by atoms with Crippen LogP contribution < -0.4 is 5.73 Å². The molecule has 0 fully saturated rings. The molecular formula is C10H23N3O. The second-order valence-corrected chi connectivity index (χ2v) is 3.23. The second-order valence-electron chi connectivity index (χ2n) is 3.23. The highest BCUT2D eigenvalue weighted by molar-refractivity contribution is 5.74. The average Bonchev–Trinajstić information content (AvgIpc) is 2.19. The van der Waals surface area contributed by atoms with Crippen molar-refractivity contribution in [1.82, 2.24) is 9.80 Å². The second kappa shape index (κ2) is 7.62. The predicted molar refractivity (Wildman–Crippen MR) is 59.2 cm³/mol. The number of rotatable bonds is 6. The quantitative estimate of drug-likeness (QED) is 0.700. The molecule has 0 aromatic carbocycles. The third-order valence-corrected chi connectivity index (χ3v) is 2.20. The lowest BCUT2D eigenvalue weighted by atomic mass is 10.4. The highest BCUT2D eigenvalue weighted by Crippen LogP contribution is 1.99. The van der Waals surface area contributed by atoms with E-state index in [1.807, 2.05) is 23.6 Å². The first-order valence-electron chi connectivity index (χ1n) is 5.45. The van der Waals surface area contributed by atoms with Gasteiger partial charge in [0.05, 0.1) is 0 Å². The van der Waals surface area contributed by atoms with Gasteiger partial charge in [0, 0.05) is 32.7 Å². The number of hydrogen-bond acceptors (Lipinski definition) is 2. The number of carbonyl (C=O) groups is 1. The van der Waals surface area contributed by atoms with Gasteiger partial charge >= 0.3 is 6.03 Å². The minimum atomic E-state index is 0.113. The molecule has 0 spiro atoms. The SMILES string of the molecule is CCCN(CCN)C(=O)N(CC)CC. The third kappa shape index (κ3) is 3.96. The van der Waals surface area contributed by atoms with Gasteiger partial charge in [-0.3, -0.25) is 0 Å². The largest absolute Gasteiger partial charge is 0.329 e. The van der Waals surface area contributed by atoms with Crippen LogP contribution in [0.2, 0.25) is 0 Å². The lowest BCUT2D eigenvalue weighted by Crippen LogP contribution is -2.45. The molecule has 0 saturated carbocycles. The molecule has 14 heavy (non-hydrogen) atoms. The van der Waals surface area contributed by atoms with Gasteiger partial charge in [-0.15, -0.1) is 0 Å². The van der Waals surface area contributed by atoms with Crippen molar-refractivity contribution in [3.05, 3.63) is 0 Å². The molecule has 0 aromatic rings. The maximum absolute atomic E-state index is 11.9. The number of nitrogens with zero attached hydrogens (tertiary/aromatic N) is 2. The number of carbonyl (C=O) groups excluding carboxylic acids is 1. The van der Waals surface area contributed by atoms with Gasteiger partial charge < -0.3 is 15.5 Å². The zero-order chi connectivity index (χ0) is 11.0. The van der Waals surface area contributed by atoms with E-state index in [0.717, 1.165) is 26.1 Å². The predicted octanol–water partition coefficient (Wildman–Crippen LogP) is 1.12. The molecule has 0 aliphatic carbocycles. The van der Waals surface area contributed by atoms with Gasteiger partial charge in [0.25, 0.3) is 0 Å². The Morgan fingerprint density at radius 1 is 1.07 bits per heavy atom. The van der Waals surface area contributed by atoms with Crippen molar-refractivity contribution in [3.63, 3.8) is 0 Å². The van der Waals surface area contributed by atoms with Crippen molar-refractivity contribution < 1.29 is 4.79 Å². The number of urea groups is 1. The Labute approximate surface area is 87.0 Å².